The summed E-state index contributed by atoms with van der Waals surface area (Å²) in [7, 11) is 0. The van der Waals surface area contributed by atoms with Crippen LogP contribution in [-0.2, 0) is 12.7 Å². The highest BCUT2D eigenvalue weighted by atomic mass is 35.5. The fourth-order valence-corrected chi connectivity index (χ4v) is 0.907. The van der Waals surface area contributed by atoms with Crippen molar-refractivity contribution < 1.29 is 17.6 Å². The van der Waals surface area contributed by atoms with Crippen molar-refractivity contribution in [3.05, 3.63) is 35.1 Å². The van der Waals surface area contributed by atoms with Crippen molar-refractivity contribution in [3.63, 3.8) is 0 Å². The summed E-state index contributed by atoms with van der Waals surface area (Å²) in [5, 5.41) is 0. The number of halogens is 5. The van der Waals surface area contributed by atoms with E-state index in [0.29, 0.717) is 6.07 Å². The van der Waals surface area contributed by atoms with Gasteiger partial charge in [-0.3, -0.25) is 0 Å². The Hall–Kier alpha value is -0.810. The second-order valence-electron chi connectivity index (χ2n) is 2.51. The summed E-state index contributed by atoms with van der Waals surface area (Å²) in [6.45, 7) is -0.240. The lowest BCUT2D eigenvalue weighted by molar-refractivity contribution is -0.137. The number of nitrogens with two attached hydrogens (primary N) is 1. The molecule has 0 spiro atoms. The molecule has 1 aromatic rings. The van der Waals surface area contributed by atoms with E-state index < -0.39 is 17.6 Å². The maximum atomic E-state index is 12.7. The lowest BCUT2D eigenvalue weighted by Gasteiger charge is -2.08. The molecule has 0 bridgehead atoms. The molecule has 0 atom stereocenters. The SMILES string of the molecule is Cl.NCc1cc(C(F)(F)F)ccc1F. The van der Waals surface area contributed by atoms with Crippen molar-refractivity contribution in [1.82, 2.24) is 0 Å². The second kappa shape index (κ2) is 4.61. The Morgan fingerprint density at radius 1 is 1.21 bits per heavy atom. The maximum absolute atomic E-state index is 12.7. The molecule has 0 aliphatic rings. The largest absolute Gasteiger partial charge is 0.416 e. The third-order valence-electron chi connectivity index (χ3n) is 1.59. The molecule has 6 heteroatoms. The van der Waals surface area contributed by atoms with Crippen LogP contribution in [0.1, 0.15) is 11.1 Å². The number of rotatable bonds is 1. The van der Waals surface area contributed by atoms with E-state index in [1.54, 1.807) is 0 Å². The van der Waals surface area contributed by atoms with E-state index in [0.717, 1.165) is 12.1 Å². The van der Waals surface area contributed by atoms with Crippen molar-refractivity contribution in [2.75, 3.05) is 0 Å². The van der Waals surface area contributed by atoms with Gasteiger partial charge in [-0.2, -0.15) is 13.2 Å². The first kappa shape index (κ1) is 13.2. The van der Waals surface area contributed by atoms with Crippen molar-refractivity contribution in [2.24, 2.45) is 5.73 Å². The average molecular weight is 230 g/mol. The monoisotopic (exact) mass is 229 g/mol. The van der Waals surface area contributed by atoms with Crippen LogP contribution in [0.25, 0.3) is 0 Å². The zero-order valence-electron chi connectivity index (χ0n) is 6.94. The molecule has 0 radical (unpaired) electrons. The summed E-state index contributed by atoms with van der Waals surface area (Å²) in [5.74, 6) is -0.712. The molecule has 1 aromatic carbocycles. The van der Waals surface area contributed by atoms with Gasteiger partial charge in [-0.25, -0.2) is 4.39 Å². The van der Waals surface area contributed by atoms with Gasteiger partial charge >= 0.3 is 6.18 Å². The van der Waals surface area contributed by atoms with E-state index in [9.17, 15) is 17.6 Å². The third kappa shape index (κ3) is 2.85. The summed E-state index contributed by atoms with van der Waals surface area (Å²) in [4.78, 5) is 0. The lowest BCUT2D eigenvalue weighted by Crippen LogP contribution is -2.08. The number of alkyl halides is 3. The van der Waals surface area contributed by atoms with Gasteiger partial charge in [-0.1, -0.05) is 0 Å². The molecule has 0 amide bonds. The summed E-state index contributed by atoms with van der Waals surface area (Å²) in [6.07, 6.45) is -4.45. The minimum Gasteiger partial charge on any atom is -0.326 e. The predicted molar refractivity (Wildman–Crippen MR) is 46.5 cm³/mol. The zero-order valence-corrected chi connectivity index (χ0v) is 7.75. The Balaban J connectivity index is 0.00000169. The number of hydrogen-bond donors (Lipinski definition) is 1. The lowest BCUT2D eigenvalue weighted by atomic mass is 10.1. The molecule has 0 saturated heterocycles. The van der Waals surface area contributed by atoms with Crippen LogP contribution < -0.4 is 5.73 Å². The molecule has 0 heterocycles. The van der Waals surface area contributed by atoms with E-state index in [-0.39, 0.29) is 24.5 Å². The van der Waals surface area contributed by atoms with E-state index in [1.165, 1.54) is 0 Å². The van der Waals surface area contributed by atoms with Crippen molar-refractivity contribution in [2.45, 2.75) is 12.7 Å². The maximum Gasteiger partial charge on any atom is 0.416 e. The van der Waals surface area contributed by atoms with Crippen LogP contribution in [0.4, 0.5) is 17.6 Å². The summed E-state index contributed by atoms with van der Waals surface area (Å²) < 4.78 is 48.9. The molecule has 0 aliphatic heterocycles. The molecular formula is C8H8ClF4N. The molecule has 0 fully saturated rings. The van der Waals surface area contributed by atoms with Gasteiger partial charge in [0, 0.05) is 12.1 Å². The molecule has 1 rings (SSSR count). The molecule has 1 nitrogen and oxygen atoms in total. The predicted octanol–water partition coefficient (Wildman–Crippen LogP) is 2.73. The first-order chi connectivity index (χ1) is 5.95. The fourth-order valence-electron chi connectivity index (χ4n) is 0.907. The molecule has 80 valence electrons. The van der Waals surface area contributed by atoms with Crippen LogP contribution in [0, 0.1) is 5.82 Å². The van der Waals surface area contributed by atoms with Crippen LogP contribution in [0.15, 0.2) is 18.2 Å². The number of hydrogen-bond acceptors (Lipinski definition) is 1. The molecule has 0 saturated carbocycles. The highest BCUT2D eigenvalue weighted by Gasteiger charge is 2.30. The highest BCUT2D eigenvalue weighted by Crippen LogP contribution is 2.30. The molecule has 0 aromatic heterocycles. The summed E-state index contributed by atoms with van der Waals surface area (Å²) in [6, 6.07) is 2.18. The van der Waals surface area contributed by atoms with Gasteiger partial charge < -0.3 is 5.73 Å². The average Bonchev–Trinajstić information content (AvgIpc) is 2.03. The Labute approximate surface area is 84.3 Å². The van der Waals surface area contributed by atoms with Gasteiger partial charge in [0.2, 0.25) is 0 Å². The van der Waals surface area contributed by atoms with Gasteiger partial charge in [0.1, 0.15) is 5.82 Å². The van der Waals surface area contributed by atoms with Crippen LogP contribution in [0.5, 0.6) is 0 Å². The molecular weight excluding hydrogens is 222 g/mol. The first-order valence-corrected chi connectivity index (χ1v) is 3.51. The standard InChI is InChI=1S/C8H7F4N.ClH/c9-7-2-1-6(8(10,11)12)3-5(7)4-13;/h1-3H,4,13H2;1H. The first-order valence-electron chi connectivity index (χ1n) is 3.51. The topological polar surface area (TPSA) is 26.0 Å². The quantitative estimate of drug-likeness (QED) is 0.737. The van der Waals surface area contributed by atoms with E-state index in [2.05, 4.69) is 0 Å². The second-order valence-corrected chi connectivity index (χ2v) is 2.51. The Morgan fingerprint density at radius 2 is 1.79 bits per heavy atom. The Bertz CT molecular complexity index is 311. The van der Waals surface area contributed by atoms with Crippen molar-refractivity contribution in [3.8, 4) is 0 Å². The van der Waals surface area contributed by atoms with Gasteiger partial charge in [0.25, 0.3) is 0 Å². The highest BCUT2D eigenvalue weighted by molar-refractivity contribution is 5.85. The Kier molecular flexibility index (Phi) is 4.35. The fraction of sp³-hybridized carbons (Fsp3) is 0.250. The van der Waals surface area contributed by atoms with Crippen LogP contribution >= 0.6 is 12.4 Å². The van der Waals surface area contributed by atoms with E-state index in [1.807, 2.05) is 0 Å². The summed E-state index contributed by atoms with van der Waals surface area (Å²) >= 11 is 0. The Morgan fingerprint density at radius 3 is 2.21 bits per heavy atom. The molecule has 0 unspecified atom stereocenters. The van der Waals surface area contributed by atoms with Crippen molar-refractivity contribution >= 4 is 12.4 Å². The summed E-state index contributed by atoms with van der Waals surface area (Å²) in [5.41, 5.74) is 4.05. The minimum absolute atomic E-state index is 0. The molecule has 2 N–H and O–H groups in total. The molecule has 0 aliphatic carbocycles. The van der Waals surface area contributed by atoms with Crippen LogP contribution in [-0.4, -0.2) is 0 Å². The number of benzene rings is 1. The normalized spacial score (nSPS) is 10.9. The van der Waals surface area contributed by atoms with Crippen LogP contribution in [0.3, 0.4) is 0 Å². The zero-order chi connectivity index (χ0) is 10.1. The third-order valence-corrected chi connectivity index (χ3v) is 1.59. The minimum atomic E-state index is -4.45. The van der Waals surface area contributed by atoms with Gasteiger partial charge in [-0.05, 0) is 18.2 Å². The van der Waals surface area contributed by atoms with Gasteiger partial charge in [-0.15, -0.1) is 12.4 Å². The molecule has 14 heavy (non-hydrogen) atoms. The van der Waals surface area contributed by atoms with Crippen molar-refractivity contribution in [1.29, 1.82) is 0 Å². The van der Waals surface area contributed by atoms with E-state index in [4.69, 9.17) is 5.73 Å². The van der Waals surface area contributed by atoms with Gasteiger partial charge in [0.15, 0.2) is 0 Å². The van der Waals surface area contributed by atoms with Gasteiger partial charge in [0.05, 0.1) is 5.56 Å². The van der Waals surface area contributed by atoms with E-state index >= 15 is 0 Å². The van der Waals surface area contributed by atoms with Crippen LogP contribution in [0.2, 0.25) is 0 Å². The smallest absolute Gasteiger partial charge is 0.326 e.